The Labute approximate surface area is 147 Å². The molecule has 0 spiro atoms. The molecule has 1 atom stereocenters. The number of hydrogen-bond donors (Lipinski definition) is 2. The molecule has 24 heavy (non-hydrogen) atoms. The average Bonchev–Trinajstić information content (AvgIpc) is 2.96. The molecule has 2 N–H and O–H groups in total. The van der Waals surface area contributed by atoms with E-state index in [4.69, 9.17) is 11.6 Å². The van der Waals surface area contributed by atoms with Gasteiger partial charge in [0, 0.05) is 31.4 Å². The monoisotopic (exact) mass is 346 g/mol. The summed E-state index contributed by atoms with van der Waals surface area (Å²) in [7, 11) is 1.90. The third-order valence-electron chi connectivity index (χ3n) is 4.79. The van der Waals surface area contributed by atoms with E-state index in [2.05, 4.69) is 22.7 Å². The van der Waals surface area contributed by atoms with Gasteiger partial charge in [-0.15, -0.1) is 0 Å². The Bertz CT molecular complexity index is 706. The maximum Gasteiger partial charge on any atom is 0.229 e. The molecule has 0 bridgehead atoms. The van der Waals surface area contributed by atoms with Crippen LogP contribution in [0, 0.1) is 5.41 Å². The number of carbonyl (C=O) groups excluding carboxylic acids is 1. The first-order chi connectivity index (χ1) is 11.5. The van der Waals surface area contributed by atoms with Crippen molar-refractivity contribution in [3.05, 3.63) is 52.8 Å². The summed E-state index contributed by atoms with van der Waals surface area (Å²) in [5.74, 6) is 0.101. The quantitative estimate of drug-likeness (QED) is 0.844. The van der Waals surface area contributed by atoms with Crippen molar-refractivity contribution < 1.29 is 4.79 Å². The number of carbonyl (C=O) groups is 1. The molecule has 1 saturated heterocycles. The molecule has 5 nitrogen and oxygen atoms in total. The lowest BCUT2D eigenvalue weighted by molar-refractivity contribution is -0.134. The summed E-state index contributed by atoms with van der Waals surface area (Å²) in [5, 5.41) is 11.4. The standard InChI is InChI=1S/C18H23ClN4O/c1-3-15(16-8-9-21-23(16)2)22-17(24)18(11-20-12-18)10-13-4-6-14(19)7-5-13/h4-9,15,20H,3,10-12H2,1-2H3,(H,22,24). The second kappa shape index (κ2) is 6.95. The minimum absolute atomic E-state index is 0.0207. The molecule has 2 aromatic rings. The summed E-state index contributed by atoms with van der Waals surface area (Å²) >= 11 is 5.95. The second-order valence-corrected chi connectivity index (χ2v) is 6.94. The minimum Gasteiger partial charge on any atom is -0.347 e. The smallest absolute Gasteiger partial charge is 0.229 e. The van der Waals surface area contributed by atoms with Gasteiger partial charge in [0.15, 0.2) is 0 Å². The third kappa shape index (κ3) is 3.32. The predicted octanol–water partition coefficient (Wildman–Crippen LogP) is 2.47. The van der Waals surface area contributed by atoms with Gasteiger partial charge in [-0.25, -0.2) is 0 Å². The highest BCUT2D eigenvalue weighted by molar-refractivity contribution is 6.30. The molecule has 1 unspecified atom stereocenters. The van der Waals surface area contributed by atoms with Crippen LogP contribution in [0.4, 0.5) is 0 Å². The van der Waals surface area contributed by atoms with Crippen molar-refractivity contribution in [2.24, 2.45) is 12.5 Å². The van der Waals surface area contributed by atoms with Gasteiger partial charge in [-0.2, -0.15) is 5.10 Å². The highest BCUT2D eigenvalue weighted by Gasteiger charge is 2.44. The number of benzene rings is 1. The van der Waals surface area contributed by atoms with Crippen LogP contribution >= 0.6 is 11.6 Å². The summed E-state index contributed by atoms with van der Waals surface area (Å²) in [5.41, 5.74) is 1.77. The van der Waals surface area contributed by atoms with Gasteiger partial charge in [0.05, 0.1) is 17.2 Å². The normalized spacial score (nSPS) is 17.1. The molecular formula is C18H23ClN4O. The van der Waals surface area contributed by atoms with Crippen LogP contribution in [0.1, 0.15) is 30.6 Å². The van der Waals surface area contributed by atoms with Gasteiger partial charge >= 0.3 is 0 Å². The molecule has 0 aliphatic carbocycles. The van der Waals surface area contributed by atoms with Crippen LogP contribution in [0.3, 0.4) is 0 Å². The molecule has 1 amide bonds. The Morgan fingerprint density at radius 1 is 1.38 bits per heavy atom. The molecule has 1 aromatic heterocycles. The lowest BCUT2D eigenvalue weighted by Gasteiger charge is -2.42. The number of amides is 1. The first-order valence-electron chi connectivity index (χ1n) is 8.28. The molecular weight excluding hydrogens is 324 g/mol. The van der Waals surface area contributed by atoms with E-state index in [1.807, 2.05) is 42.1 Å². The van der Waals surface area contributed by atoms with Gasteiger partial charge in [0.25, 0.3) is 0 Å². The summed E-state index contributed by atoms with van der Waals surface area (Å²) < 4.78 is 1.82. The van der Waals surface area contributed by atoms with Crippen molar-refractivity contribution in [2.45, 2.75) is 25.8 Å². The van der Waals surface area contributed by atoms with Crippen molar-refractivity contribution in [1.82, 2.24) is 20.4 Å². The van der Waals surface area contributed by atoms with Gasteiger partial charge in [-0.3, -0.25) is 9.48 Å². The van der Waals surface area contributed by atoms with Gasteiger partial charge in [0.1, 0.15) is 0 Å². The molecule has 128 valence electrons. The van der Waals surface area contributed by atoms with Crippen LogP contribution in [0.25, 0.3) is 0 Å². The molecule has 0 saturated carbocycles. The number of aryl methyl sites for hydroxylation is 1. The number of nitrogens with one attached hydrogen (secondary N) is 2. The largest absolute Gasteiger partial charge is 0.347 e. The maximum absolute atomic E-state index is 13.0. The summed E-state index contributed by atoms with van der Waals surface area (Å²) in [6.45, 7) is 3.47. The topological polar surface area (TPSA) is 59.0 Å². The SMILES string of the molecule is CCC(NC(=O)C1(Cc2ccc(Cl)cc2)CNC1)c1ccnn1C. The van der Waals surface area contributed by atoms with E-state index in [0.717, 1.165) is 17.7 Å². The van der Waals surface area contributed by atoms with Crippen LogP contribution in [0.5, 0.6) is 0 Å². The van der Waals surface area contributed by atoms with Gasteiger partial charge in [0.2, 0.25) is 5.91 Å². The average molecular weight is 347 g/mol. The zero-order chi connectivity index (χ0) is 17.2. The molecule has 6 heteroatoms. The molecule has 1 aliphatic heterocycles. The van der Waals surface area contributed by atoms with Crippen molar-refractivity contribution >= 4 is 17.5 Å². The van der Waals surface area contributed by atoms with Crippen LogP contribution in [0.15, 0.2) is 36.5 Å². The van der Waals surface area contributed by atoms with E-state index in [1.54, 1.807) is 6.20 Å². The summed E-state index contributed by atoms with van der Waals surface area (Å²) in [4.78, 5) is 13.0. The van der Waals surface area contributed by atoms with Gasteiger partial charge in [-0.1, -0.05) is 30.7 Å². The van der Waals surface area contributed by atoms with E-state index in [-0.39, 0.29) is 17.4 Å². The number of nitrogens with zero attached hydrogens (tertiary/aromatic N) is 2. The Balaban J connectivity index is 1.73. The zero-order valence-corrected chi connectivity index (χ0v) is 14.8. The van der Waals surface area contributed by atoms with Crippen molar-refractivity contribution in [1.29, 1.82) is 0 Å². The van der Waals surface area contributed by atoms with E-state index >= 15 is 0 Å². The lowest BCUT2D eigenvalue weighted by atomic mass is 9.75. The van der Waals surface area contributed by atoms with E-state index in [0.29, 0.717) is 24.5 Å². The lowest BCUT2D eigenvalue weighted by Crippen LogP contribution is -2.62. The van der Waals surface area contributed by atoms with Crippen LogP contribution in [-0.4, -0.2) is 28.8 Å². The molecule has 3 rings (SSSR count). The fourth-order valence-corrected chi connectivity index (χ4v) is 3.33. The first-order valence-corrected chi connectivity index (χ1v) is 8.66. The first kappa shape index (κ1) is 17.0. The number of aromatic nitrogens is 2. The zero-order valence-electron chi connectivity index (χ0n) is 14.1. The summed E-state index contributed by atoms with van der Waals surface area (Å²) in [6.07, 6.45) is 3.30. The van der Waals surface area contributed by atoms with E-state index in [9.17, 15) is 4.79 Å². The molecule has 0 radical (unpaired) electrons. The molecule has 1 fully saturated rings. The third-order valence-corrected chi connectivity index (χ3v) is 5.05. The Morgan fingerprint density at radius 3 is 2.58 bits per heavy atom. The maximum atomic E-state index is 13.0. The fourth-order valence-electron chi connectivity index (χ4n) is 3.21. The molecule has 2 heterocycles. The Morgan fingerprint density at radius 2 is 2.08 bits per heavy atom. The van der Waals surface area contributed by atoms with Crippen molar-refractivity contribution in [2.75, 3.05) is 13.1 Å². The summed E-state index contributed by atoms with van der Waals surface area (Å²) in [6, 6.07) is 9.67. The number of halogens is 1. The van der Waals surface area contributed by atoms with Gasteiger partial charge < -0.3 is 10.6 Å². The van der Waals surface area contributed by atoms with Crippen molar-refractivity contribution in [3.63, 3.8) is 0 Å². The number of rotatable bonds is 6. The van der Waals surface area contributed by atoms with E-state index in [1.165, 1.54) is 0 Å². The highest BCUT2D eigenvalue weighted by Crippen LogP contribution is 2.30. The molecule has 1 aromatic carbocycles. The predicted molar refractivity (Wildman–Crippen MR) is 94.8 cm³/mol. The highest BCUT2D eigenvalue weighted by atomic mass is 35.5. The second-order valence-electron chi connectivity index (χ2n) is 6.50. The fraction of sp³-hybridized carbons (Fsp3) is 0.444. The van der Waals surface area contributed by atoms with Crippen molar-refractivity contribution in [3.8, 4) is 0 Å². The minimum atomic E-state index is -0.389. The van der Waals surface area contributed by atoms with Crippen LogP contribution in [-0.2, 0) is 18.3 Å². The van der Waals surface area contributed by atoms with E-state index < -0.39 is 0 Å². The Kier molecular flexibility index (Phi) is 4.92. The molecule has 1 aliphatic rings. The van der Waals surface area contributed by atoms with Gasteiger partial charge in [-0.05, 0) is 36.6 Å². The Hall–Kier alpha value is -1.85. The van der Waals surface area contributed by atoms with Crippen LogP contribution in [0.2, 0.25) is 5.02 Å². The van der Waals surface area contributed by atoms with Crippen LogP contribution < -0.4 is 10.6 Å². The number of hydrogen-bond acceptors (Lipinski definition) is 3.